The third-order valence-corrected chi connectivity index (χ3v) is 1.96. The highest BCUT2D eigenvalue weighted by Crippen LogP contribution is 2.15. The Morgan fingerprint density at radius 2 is 2.33 bits per heavy atom. The Bertz CT molecular complexity index is 122. The van der Waals surface area contributed by atoms with Crippen LogP contribution in [0.2, 0.25) is 0 Å². The Hall–Kier alpha value is -0.530. The van der Waals surface area contributed by atoms with Crippen molar-refractivity contribution in [2.75, 3.05) is 6.54 Å². The van der Waals surface area contributed by atoms with Crippen LogP contribution in [-0.4, -0.2) is 23.4 Å². The van der Waals surface area contributed by atoms with Crippen LogP contribution in [0, 0.1) is 0 Å². The van der Waals surface area contributed by atoms with Crippen molar-refractivity contribution in [2.24, 2.45) is 0 Å². The molecule has 1 rings (SSSR count). The molecule has 1 aliphatic heterocycles. The normalized spacial score (nSPS) is 26.9. The van der Waals surface area contributed by atoms with Gasteiger partial charge in [-0.25, -0.2) is 0 Å². The molecule has 1 fully saturated rings. The van der Waals surface area contributed by atoms with E-state index >= 15 is 0 Å². The summed E-state index contributed by atoms with van der Waals surface area (Å²) in [4.78, 5) is 12.7. The molecule has 2 heteroatoms. The maximum absolute atomic E-state index is 10.8. The largest absolute Gasteiger partial charge is 0.340 e. The van der Waals surface area contributed by atoms with E-state index in [2.05, 4.69) is 6.92 Å². The lowest BCUT2D eigenvalue weighted by atomic mass is 10.2. The number of likely N-dealkylation sites (tertiary alicyclic amines) is 1. The fourth-order valence-electron chi connectivity index (χ4n) is 1.40. The van der Waals surface area contributed by atoms with Gasteiger partial charge in [-0.3, -0.25) is 4.79 Å². The van der Waals surface area contributed by atoms with Crippen LogP contribution in [-0.2, 0) is 4.79 Å². The summed E-state index contributed by atoms with van der Waals surface area (Å²) in [6.07, 6.45) is 2.36. The van der Waals surface area contributed by atoms with E-state index in [-0.39, 0.29) is 5.91 Å². The zero-order valence-corrected chi connectivity index (χ0v) is 6.05. The van der Waals surface area contributed by atoms with Gasteiger partial charge in [0.05, 0.1) is 0 Å². The average molecular weight is 127 g/mol. The van der Waals surface area contributed by atoms with Gasteiger partial charge in [-0.1, -0.05) is 0 Å². The molecule has 0 N–H and O–H groups in total. The Kier molecular flexibility index (Phi) is 1.74. The maximum Gasteiger partial charge on any atom is 0.219 e. The summed E-state index contributed by atoms with van der Waals surface area (Å²) >= 11 is 0. The summed E-state index contributed by atoms with van der Waals surface area (Å²) in [5.41, 5.74) is 0. The van der Waals surface area contributed by atoms with Gasteiger partial charge in [0.25, 0.3) is 0 Å². The van der Waals surface area contributed by atoms with E-state index in [0.717, 1.165) is 6.54 Å². The van der Waals surface area contributed by atoms with E-state index in [1.807, 2.05) is 4.90 Å². The number of carbonyl (C=O) groups excluding carboxylic acids is 1. The summed E-state index contributed by atoms with van der Waals surface area (Å²) in [6.45, 7) is 4.72. The topological polar surface area (TPSA) is 20.3 Å². The van der Waals surface area contributed by atoms with Crippen LogP contribution in [0.15, 0.2) is 0 Å². The second-order valence-corrected chi connectivity index (χ2v) is 2.70. The lowest BCUT2D eigenvalue weighted by Gasteiger charge is -2.18. The molecular weight excluding hydrogens is 114 g/mol. The maximum atomic E-state index is 10.8. The number of hydrogen-bond donors (Lipinski definition) is 0. The van der Waals surface area contributed by atoms with Crippen molar-refractivity contribution in [2.45, 2.75) is 32.7 Å². The number of nitrogens with zero attached hydrogens (tertiary/aromatic N) is 1. The highest BCUT2D eigenvalue weighted by atomic mass is 16.2. The van der Waals surface area contributed by atoms with Crippen molar-refractivity contribution >= 4 is 5.91 Å². The quantitative estimate of drug-likeness (QED) is 0.475. The monoisotopic (exact) mass is 127 g/mol. The Labute approximate surface area is 55.8 Å². The van der Waals surface area contributed by atoms with Crippen molar-refractivity contribution < 1.29 is 4.79 Å². The number of amides is 1. The summed E-state index contributed by atoms with van der Waals surface area (Å²) < 4.78 is 0. The minimum absolute atomic E-state index is 0.222. The molecule has 1 heterocycles. The molecule has 0 aliphatic carbocycles. The first kappa shape index (κ1) is 6.59. The molecule has 2 nitrogen and oxygen atoms in total. The van der Waals surface area contributed by atoms with E-state index in [4.69, 9.17) is 0 Å². The second kappa shape index (κ2) is 2.38. The fraction of sp³-hybridized carbons (Fsp3) is 0.857. The zero-order chi connectivity index (χ0) is 6.85. The van der Waals surface area contributed by atoms with Gasteiger partial charge in [0, 0.05) is 19.5 Å². The van der Waals surface area contributed by atoms with Gasteiger partial charge < -0.3 is 4.90 Å². The molecule has 1 atom stereocenters. The standard InChI is InChI=1S/C7H13NO/c1-6-4-3-5-8(6)7(2)9/h6H,3-5H2,1-2H3. The van der Waals surface area contributed by atoms with E-state index in [0.29, 0.717) is 6.04 Å². The third kappa shape index (κ3) is 1.23. The van der Waals surface area contributed by atoms with Crippen molar-refractivity contribution in [3.05, 3.63) is 0 Å². The van der Waals surface area contributed by atoms with Gasteiger partial charge in [-0.05, 0) is 19.8 Å². The van der Waals surface area contributed by atoms with E-state index in [1.54, 1.807) is 6.92 Å². The van der Waals surface area contributed by atoms with E-state index in [1.165, 1.54) is 12.8 Å². The molecular formula is C7H13NO. The third-order valence-electron chi connectivity index (χ3n) is 1.96. The summed E-state index contributed by atoms with van der Waals surface area (Å²) in [7, 11) is 0. The Balaban J connectivity index is 2.49. The van der Waals surface area contributed by atoms with Gasteiger partial charge >= 0.3 is 0 Å². The van der Waals surface area contributed by atoms with Crippen LogP contribution in [0.25, 0.3) is 0 Å². The van der Waals surface area contributed by atoms with Crippen LogP contribution in [0.5, 0.6) is 0 Å². The van der Waals surface area contributed by atoms with Crippen molar-refractivity contribution in [1.29, 1.82) is 0 Å². The highest BCUT2D eigenvalue weighted by molar-refractivity contribution is 5.73. The molecule has 0 saturated carbocycles. The van der Waals surface area contributed by atoms with Gasteiger partial charge in [-0.15, -0.1) is 0 Å². The predicted molar refractivity (Wildman–Crippen MR) is 36.1 cm³/mol. The average Bonchev–Trinajstić information content (AvgIpc) is 2.13. The van der Waals surface area contributed by atoms with Crippen LogP contribution in [0.4, 0.5) is 0 Å². The molecule has 0 spiro atoms. The van der Waals surface area contributed by atoms with Crippen LogP contribution in [0.3, 0.4) is 0 Å². The van der Waals surface area contributed by atoms with Crippen LogP contribution in [0.1, 0.15) is 26.7 Å². The first-order chi connectivity index (χ1) is 4.22. The molecule has 1 unspecified atom stereocenters. The zero-order valence-electron chi connectivity index (χ0n) is 6.05. The van der Waals surface area contributed by atoms with Gasteiger partial charge in [0.2, 0.25) is 5.91 Å². The minimum Gasteiger partial charge on any atom is -0.340 e. The molecule has 1 saturated heterocycles. The second-order valence-electron chi connectivity index (χ2n) is 2.70. The number of hydrogen-bond acceptors (Lipinski definition) is 1. The van der Waals surface area contributed by atoms with E-state index < -0.39 is 0 Å². The van der Waals surface area contributed by atoms with Crippen LogP contribution >= 0.6 is 0 Å². The van der Waals surface area contributed by atoms with Crippen molar-refractivity contribution in [1.82, 2.24) is 4.90 Å². The first-order valence-corrected chi connectivity index (χ1v) is 3.49. The highest BCUT2D eigenvalue weighted by Gasteiger charge is 2.21. The van der Waals surface area contributed by atoms with Gasteiger partial charge in [0.15, 0.2) is 0 Å². The van der Waals surface area contributed by atoms with Crippen molar-refractivity contribution in [3.8, 4) is 0 Å². The Morgan fingerprint density at radius 1 is 1.67 bits per heavy atom. The fourth-order valence-corrected chi connectivity index (χ4v) is 1.40. The van der Waals surface area contributed by atoms with Crippen molar-refractivity contribution in [3.63, 3.8) is 0 Å². The molecule has 0 bridgehead atoms. The summed E-state index contributed by atoms with van der Waals surface area (Å²) in [5, 5.41) is 0. The SMILES string of the molecule is CC(=O)N1CCCC1C. The molecule has 52 valence electrons. The molecule has 9 heavy (non-hydrogen) atoms. The van der Waals surface area contributed by atoms with Gasteiger partial charge in [-0.2, -0.15) is 0 Å². The summed E-state index contributed by atoms with van der Waals surface area (Å²) in [6, 6.07) is 0.488. The van der Waals surface area contributed by atoms with E-state index in [9.17, 15) is 4.79 Å². The molecule has 1 aliphatic rings. The lowest BCUT2D eigenvalue weighted by molar-refractivity contribution is -0.129. The smallest absolute Gasteiger partial charge is 0.219 e. The summed E-state index contributed by atoms with van der Waals surface area (Å²) in [5.74, 6) is 0.222. The molecule has 0 aromatic heterocycles. The molecule has 1 amide bonds. The predicted octanol–water partition coefficient (Wildman–Crippen LogP) is 1.02. The lowest BCUT2D eigenvalue weighted by Crippen LogP contribution is -2.31. The minimum atomic E-state index is 0.222. The Morgan fingerprint density at radius 3 is 2.56 bits per heavy atom. The molecule has 0 aromatic carbocycles. The molecule has 0 aromatic rings. The number of carbonyl (C=O) groups is 1. The number of rotatable bonds is 0. The first-order valence-electron chi connectivity index (χ1n) is 3.49. The molecule has 0 radical (unpaired) electrons. The van der Waals surface area contributed by atoms with Crippen LogP contribution < -0.4 is 0 Å². The van der Waals surface area contributed by atoms with Gasteiger partial charge in [0.1, 0.15) is 0 Å².